The van der Waals surface area contributed by atoms with Crippen LogP contribution in [0.15, 0.2) is 14.3 Å². The molecule has 0 fully saturated rings. The highest BCUT2D eigenvalue weighted by Crippen LogP contribution is 2.35. The van der Waals surface area contributed by atoms with E-state index in [9.17, 15) is 5.11 Å². The maximum Gasteiger partial charge on any atom is 0.0843 e. The summed E-state index contributed by atoms with van der Waals surface area (Å²) in [5.41, 5.74) is 0. The highest BCUT2D eigenvalue weighted by Gasteiger charge is 2.14. The molecule has 1 unspecified atom stereocenters. The summed E-state index contributed by atoms with van der Waals surface area (Å²) in [5.74, 6) is 0. The maximum absolute atomic E-state index is 9.25. The molecule has 0 radical (unpaired) electrons. The van der Waals surface area contributed by atoms with Crippen molar-refractivity contribution in [3.8, 4) is 0 Å². The minimum absolute atomic E-state index is 0.0206. The van der Waals surface area contributed by atoms with Gasteiger partial charge in [-0.25, -0.2) is 0 Å². The average molecular weight is 359 g/mol. The van der Waals surface area contributed by atoms with E-state index < -0.39 is 0 Å². The lowest BCUT2D eigenvalue weighted by Crippen LogP contribution is -2.26. The summed E-state index contributed by atoms with van der Waals surface area (Å²) in [4.78, 5) is 1.10. The van der Waals surface area contributed by atoms with Gasteiger partial charge in [-0.2, -0.15) is 0 Å². The molecule has 0 aliphatic carbocycles. The Balaban J connectivity index is 2.57. The fourth-order valence-electron chi connectivity index (χ4n) is 1.13. The molecule has 1 aromatic rings. The fraction of sp³-hybridized carbons (Fsp3) is 0.556. The third kappa shape index (κ3) is 4.13. The first-order valence-electron chi connectivity index (χ1n) is 4.47. The van der Waals surface area contributed by atoms with Gasteiger partial charge in [0.15, 0.2) is 0 Å². The minimum atomic E-state index is -0.0206. The van der Waals surface area contributed by atoms with E-state index in [-0.39, 0.29) is 12.6 Å². The molecule has 1 aromatic heterocycles. The molecule has 15 heavy (non-hydrogen) atoms. The number of hydrogen-bond donors (Lipinski definition) is 2. The van der Waals surface area contributed by atoms with E-state index in [0.717, 1.165) is 19.7 Å². The molecule has 0 aliphatic rings. The minimum Gasteiger partial charge on any atom is -0.394 e. The summed E-state index contributed by atoms with van der Waals surface area (Å²) < 4.78 is 7.01. The van der Waals surface area contributed by atoms with Gasteiger partial charge in [0.1, 0.15) is 0 Å². The lowest BCUT2D eigenvalue weighted by molar-refractivity contribution is 0.184. The quantitative estimate of drug-likeness (QED) is 0.768. The zero-order chi connectivity index (χ0) is 11.3. The number of ether oxygens (including phenoxy) is 1. The zero-order valence-electron chi connectivity index (χ0n) is 8.30. The molecule has 1 atom stereocenters. The van der Waals surface area contributed by atoms with Crippen LogP contribution in [0.3, 0.4) is 0 Å². The molecule has 0 saturated carbocycles. The Bertz CT molecular complexity index is 287. The van der Waals surface area contributed by atoms with E-state index in [1.165, 1.54) is 0 Å². The van der Waals surface area contributed by atoms with Crippen molar-refractivity contribution in [3.05, 3.63) is 19.2 Å². The van der Waals surface area contributed by atoms with E-state index >= 15 is 0 Å². The Hall–Kier alpha value is 0.540. The number of aliphatic hydroxyl groups is 1. The molecular formula is C9H13Br2NO2S. The number of nitrogens with one attached hydrogen (secondary N) is 1. The lowest BCUT2D eigenvalue weighted by atomic mass is 10.2. The van der Waals surface area contributed by atoms with Crippen molar-refractivity contribution in [2.75, 3.05) is 26.9 Å². The second kappa shape index (κ2) is 6.98. The van der Waals surface area contributed by atoms with Crippen LogP contribution in [0.4, 0.5) is 0 Å². The Morgan fingerprint density at radius 2 is 2.33 bits per heavy atom. The standard InChI is InChI=1S/C9H13Br2NO2S/c1-14-3-2-12-7(5-13)8-4-6(10)9(11)15-8/h4,7,12-13H,2-3,5H2,1H3. The van der Waals surface area contributed by atoms with Crippen LogP contribution in [-0.2, 0) is 4.74 Å². The fourth-order valence-corrected chi connectivity index (χ4v) is 3.28. The Morgan fingerprint density at radius 3 is 2.80 bits per heavy atom. The third-order valence-electron chi connectivity index (χ3n) is 1.89. The summed E-state index contributed by atoms with van der Waals surface area (Å²) in [7, 11) is 1.66. The highest BCUT2D eigenvalue weighted by molar-refractivity contribution is 9.13. The van der Waals surface area contributed by atoms with Crippen LogP contribution in [-0.4, -0.2) is 32.0 Å². The molecule has 0 aromatic carbocycles. The van der Waals surface area contributed by atoms with Gasteiger partial charge in [-0.05, 0) is 37.9 Å². The normalized spacial score (nSPS) is 13.1. The highest BCUT2D eigenvalue weighted by atomic mass is 79.9. The van der Waals surface area contributed by atoms with Gasteiger partial charge in [0.05, 0.1) is 23.0 Å². The predicted molar refractivity (Wildman–Crippen MR) is 69.4 cm³/mol. The second-order valence-electron chi connectivity index (χ2n) is 2.95. The first kappa shape index (κ1) is 13.6. The molecule has 0 saturated heterocycles. The summed E-state index contributed by atoms with van der Waals surface area (Å²) in [6.45, 7) is 1.46. The SMILES string of the molecule is COCCNC(CO)c1cc(Br)c(Br)s1. The Kier molecular flexibility index (Phi) is 6.33. The number of rotatable bonds is 6. The van der Waals surface area contributed by atoms with Gasteiger partial charge in [-0.1, -0.05) is 0 Å². The molecule has 1 heterocycles. The largest absolute Gasteiger partial charge is 0.394 e. The first-order chi connectivity index (χ1) is 7.19. The molecule has 0 bridgehead atoms. The van der Waals surface area contributed by atoms with Crippen molar-refractivity contribution < 1.29 is 9.84 Å². The number of halogens is 2. The van der Waals surface area contributed by atoms with Crippen molar-refractivity contribution >= 4 is 43.2 Å². The van der Waals surface area contributed by atoms with Gasteiger partial charge in [-0.3, -0.25) is 0 Å². The van der Waals surface area contributed by atoms with Crippen LogP contribution in [0.25, 0.3) is 0 Å². The van der Waals surface area contributed by atoms with Gasteiger partial charge in [0, 0.05) is 23.0 Å². The Morgan fingerprint density at radius 1 is 1.60 bits per heavy atom. The molecule has 0 amide bonds. The van der Waals surface area contributed by atoms with Gasteiger partial charge in [0.25, 0.3) is 0 Å². The molecule has 1 rings (SSSR count). The predicted octanol–water partition coefficient (Wildman–Crippen LogP) is 2.54. The molecule has 3 nitrogen and oxygen atoms in total. The van der Waals surface area contributed by atoms with E-state index in [1.807, 2.05) is 6.07 Å². The summed E-state index contributed by atoms with van der Waals surface area (Å²) in [6.07, 6.45) is 0. The summed E-state index contributed by atoms with van der Waals surface area (Å²) >= 11 is 8.47. The van der Waals surface area contributed by atoms with Crippen LogP contribution >= 0.6 is 43.2 Å². The average Bonchev–Trinajstić information content (AvgIpc) is 2.54. The van der Waals surface area contributed by atoms with E-state index in [1.54, 1.807) is 18.4 Å². The molecule has 2 N–H and O–H groups in total. The van der Waals surface area contributed by atoms with Crippen LogP contribution in [0.1, 0.15) is 10.9 Å². The smallest absolute Gasteiger partial charge is 0.0843 e. The number of thiophene rings is 1. The topological polar surface area (TPSA) is 41.5 Å². The third-order valence-corrected chi connectivity index (χ3v) is 5.26. The van der Waals surface area contributed by atoms with Gasteiger partial charge >= 0.3 is 0 Å². The summed E-state index contributed by atoms with van der Waals surface area (Å²) in [5, 5.41) is 12.5. The molecule has 86 valence electrons. The molecule has 6 heteroatoms. The number of methoxy groups -OCH3 is 1. The van der Waals surface area contributed by atoms with Crippen molar-refractivity contribution in [1.82, 2.24) is 5.32 Å². The molecular weight excluding hydrogens is 346 g/mol. The van der Waals surface area contributed by atoms with Gasteiger partial charge in [0.2, 0.25) is 0 Å². The number of hydrogen-bond acceptors (Lipinski definition) is 4. The van der Waals surface area contributed by atoms with Gasteiger partial charge in [-0.15, -0.1) is 11.3 Å². The summed E-state index contributed by atoms with van der Waals surface area (Å²) in [6, 6.07) is 1.99. The van der Waals surface area contributed by atoms with Crippen LogP contribution in [0.2, 0.25) is 0 Å². The van der Waals surface area contributed by atoms with E-state index in [4.69, 9.17) is 4.74 Å². The second-order valence-corrected chi connectivity index (χ2v) is 6.21. The van der Waals surface area contributed by atoms with Crippen LogP contribution in [0.5, 0.6) is 0 Å². The van der Waals surface area contributed by atoms with Crippen LogP contribution in [0, 0.1) is 0 Å². The van der Waals surface area contributed by atoms with Gasteiger partial charge < -0.3 is 15.2 Å². The first-order valence-corrected chi connectivity index (χ1v) is 6.87. The van der Waals surface area contributed by atoms with Crippen LogP contribution < -0.4 is 5.32 Å². The van der Waals surface area contributed by atoms with E-state index in [2.05, 4.69) is 37.2 Å². The monoisotopic (exact) mass is 357 g/mol. The van der Waals surface area contributed by atoms with Crippen molar-refractivity contribution in [2.24, 2.45) is 0 Å². The lowest BCUT2D eigenvalue weighted by Gasteiger charge is -2.13. The Labute approximate surface area is 110 Å². The molecule has 0 aliphatic heterocycles. The van der Waals surface area contributed by atoms with Crippen molar-refractivity contribution in [2.45, 2.75) is 6.04 Å². The maximum atomic E-state index is 9.25. The zero-order valence-corrected chi connectivity index (χ0v) is 12.3. The van der Waals surface area contributed by atoms with Crippen molar-refractivity contribution in [3.63, 3.8) is 0 Å². The number of aliphatic hydroxyl groups excluding tert-OH is 1. The van der Waals surface area contributed by atoms with Crippen molar-refractivity contribution in [1.29, 1.82) is 0 Å². The molecule has 0 spiro atoms. The van der Waals surface area contributed by atoms with E-state index in [0.29, 0.717) is 6.61 Å².